The van der Waals surface area contributed by atoms with Crippen LogP contribution >= 0.6 is 0 Å². The summed E-state index contributed by atoms with van der Waals surface area (Å²) in [5.74, 6) is -2.51. The molecule has 14 heteroatoms. The molecule has 0 unspecified atom stereocenters. The minimum absolute atomic E-state index is 0.113. The number of piperazine rings is 1. The number of nitrogens with one attached hydrogen (secondary N) is 1. The van der Waals surface area contributed by atoms with Gasteiger partial charge in [-0.1, -0.05) is 12.1 Å². The molecule has 0 spiro atoms. The molecule has 3 atom stereocenters. The van der Waals surface area contributed by atoms with Crippen molar-refractivity contribution in [3.63, 3.8) is 0 Å². The van der Waals surface area contributed by atoms with Gasteiger partial charge < -0.3 is 15.0 Å². The molecule has 2 amide bonds. The molecule has 1 aromatic carbocycles. The van der Waals surface area contributed by atoms with Crippen LogP contribution < -0.4 is 10.1 Å². The minimum Gasteiger partial charge on any atom is -0.472 e. The fourth-order valence-electron chi connectivity index (χ4n) is 5.01. The number of nitrogens with zero attached hydrogens (tertiary/aromatic N) is 4. The average Bonchev–Trinajstić information content (AvgIpc) is 3.65. The van der Waals surface area contributed by atoms with Gasteiger partial charge in [-0.25, -0.2) is 4.98 Å². The highest BCUT2D eigenvalue weighted by Gasteiger charge is 2.44. The second kappa shape index (κ2) is 10.3. The third-order valence-corrected chi connectivity index (χ3v) is 7.15. The number of rotatable bonds is 6. The molecule has 3 heterocycles. The number of hydrogen-bond donors (Lipinski definition) is 1. The van der Waals surface area contributed by atoms with Crippen molar-refractivity contribution in [1.29, 1.82) is 0 Å². The van der Waals surface area contributed by atoms with Crippen LogP contribution in [-0.4, -0.2) is 76.1 Å². The van der Waals surface area contributed by atoms with E-state index in [-0.39, 0.29) is 25.2 Å². The fraction of sp³-hybridized carbons (Fsp3) is 0.520. The predicted octanol–water partition coefficient (Wildman–Crippen LogP) is 3.46. The summed E-state index contributed by atoms with van der Waals surface area (Å²) in [6.07, 6.45) is -4.41. The first-order valence-corrected chi connectivity index (χ1v) is 12.4. The lowest BCUT2D eigenvalue weighted by molar-refractivity contribution is -0.175. The van der Waals surface area contributed by atoms with Crippen LogP contribution in [-0.2, 0) is 15.8 Å². The van der Waals surface area contributed by atoms with Crippen molar-refractivity contribution in [3.8, 4) is 5.88 Å². The Labute approximate surface area is 219 Å². The molecule has 39 heavy (non-hydrogen) atoms. The first-order chi connectivity index (χ1) is 18.4. The molecule has 1 saturated carbocycles. The Bertz CT molecular complexity index is 1220. The van der Waals surface area contributed by atoms with Crippen molar-refractivity contribution in [2.24, 2.45) is 0 Å². The topological polar surface area (TPSA) is 87.7 Å². The number of fused-ring (bicyclic) bond motifs is 1. The molecule has 2 aliphatic heterocycles. The van der Waals surface area contributed by atoms with Gasteiger partial charge in [0.1, 0.15) is 12.1 Å². The maximum atomic E-state index is 13.4. The minimum atomic E-state index is -5.32. The van der Waals surface area contributed by atoms with Gasteiger partial charge in [-0.05, 0) is 30.5 Å². The largest absolute Gasteiger partial charge is 0.472 e. The van der Waals surface area contributed by atoms with Crippen LogP contribution in [0.3, 0.4) is 0 Å². The summed E-state index contributed by atoms with van der Waals surface area (Å²) in [6, 6.07) is 1.24. The molecular weight excluding hydrogens is 532 g/mol. The lowest BCUT2D eigenvalue weighted by Crippen LogP contribution is -2.55. The number of benzene rings is 1. The molecule has 2 aromatic rings. The van der Waals surface area contributed by atoms with Crippen LogP contribution in [0.2, 0.25) is 0 Å². The predicted molar refractivity (Wildman–Crippen MR) is 123 cm³/mol. The summed E-state index contributed by atoms with van der Waals surface area (Å²) >= 11 is 0. The fourth-order valence-corrected chi connectivity index (χ4v) is 5.01. The van der Waals surface area contributed by atoms with Gasteiger partial charge in [0.25, 0.3) is 0 Å². The highest BCUT2D eigenvalue weighted by atomic mass is 19.4. The van der Waals surface area contributed by atoms with Crippen LogP contribution in [0.4, 0.5) is 26.3 Å². The molecule has 1 N–H and O–H groups in total. The van der Waals surface area contributed by atoms with Crippen molar-refractivity contribution < 1.29 is 40.7 Å². The number of carbonyl (C=O) groups is 2. The summed E-state index contributed by atoms with van der Waals surface area (Å²) in [4.78, 5) is 37.1. The van der Waals surface area contributed by atoms with Crippen molar-refractivity contribution in [2.45, 2.75) is 55.7 Å². The Kier molecular flexibility index (Phi) is 7.16. The quantitative estimate of drug-likeness (QED) is 0.548. The normalized spacial score (nSPS) is 22.8. The third kappa shape index (κ3) is 6.26. The second-order valence-corrected chi connectivity index (χ2v) is 9.99. The highest BCUT2D eigenvalue weighted by Crippen LogP contribution is 2.39. The second-order valence-electron chi connectivity index (χ2n) is 9.99. The summed E-state index contributed by atoms with van der Waals surface area (Å²) in [5, 5.41) is 1.59. The van der Waals surface area contributed by atoms with Crippen molar-refractivity contribution in [1.82, 2.24) is 25.1 Å². The third-order valence-electron chi connectivity index (χ3n) is 7.15. The highest BCUT2D eigenvalue weighted by molar-refractivity contribution is 5.90. The van der Waals surface area contributed by atoms with Gasteiger partial charge in [0.2, 0.25) is 11.8 Å². The number of carbonyl (C=O) groups excluding carboxylic acids is 2. The Morgan fingerprint density at radius 1 is 1.03 bits per heavy atom. The maximum Gasteiger partial charge on any atom is 0.471 e. The van der Waals surface area contributed by atoms with Crippen LogP contribution in [0.25, 0.3) is 0 Å². The Hall–Kier alpha value is -3.42. The standard InChI is InChI=1S/C25H25F6N5O3/c26-24(27,28)16-3-1-2-15(8-16)21(34-23(38)25(29,30)31)22(37)36-7-6-35-13-18(9-17(35)12-36)39-20-11-32-19(10-33-20)14-4-5-14/h1-3,8,10-11,14,17-18,21H,4-7,9,12-13H2,(H,34,38)/t17-,18+,21-/m0/s1. The van der Waals surface area contributed by atoms with Crippen molar-refractivity contribution >= 4 is 11.8 Å². The smallest absolute Gasteiger partial charge is 0.471 e. The zero-order valence-electron chi connectivity index (χ0n) is 20.5. The number of ether oxygens (including phenoxy) is 1. The van der Waals surface area contributed by atoms with Crippen LogP contribution in [0.1, 0.15) is 48.0 Å². The van der Waals surface area contributed by atoms with Gasteiger partial charge in [0.15, 0.2) is 0 Å². The SMILES string of the molecule is O=C([C@@H](NC(=O)C(F)(F)F)c1cccc(C(F)(F)F)c1)N1CCN2C[C@H](Oc3cnc(C4CC4)cn3)C[C@H]2C1. The maximum absolute atomic E-state index is 13.4. The van der Waals surface area contributed by atoms with Gasteiger partial charge in [-0.15, -0.1) is 0 Å². The van der Waals surface area contributed by atoms with Gasteiger partial charge in [0.05, 0.1) is 23.7 Å². The van der Waals surface area contributed by atoms with E-state index in [1.807, 2.05) is 0 Å². The number of aromatic nitrogens is 2. The molecule has 0 bridgehead atoms. The molecule has 1 aromatic heterocycles. The number of halogens is 6. The average molecular weight is 557 g/mol. The first-order valence-electron chi connectivity index (χ1n) is 12.4. The van der Waals surface area contributed by atoms with Crippen LogP contribution in [0, 0.1) is 0 Å². The van der Waals surface area contributed by atoms with E-state index in [0.29, 0.717) is 37.4 Å². The van der Waals surface area contributed by atoms with Crippen LogP contribution in [0.15, 0.2) is 36.7 Å². The zero-order chi connectivity index (χ0) is 27.9. The van der Waals surface area contributed by atoms with E-state index in [4.69, 9.17) is 4.74 Å². The number of alkyl halides is 6. The Morgan fingerprint density at radius 2 is 1.79 bits per heavy atom. The van der Waals surface area contributed by atoms with E-state index in [1.165, 1.54) is 4.90 Å². The summed E-state index contributed by atoms with van der Waals surface area (Å²) in [5.41, 5.74) is -0.614. The van der Waals surface area contributed by atoms with Gasteiger partial charge in [-0.2, -0.15) is 26.3 Å². The number of hydrogen-bond acceptors (Lipinski definition) is 6. The lowest BCUT2D eigenvalue weighted by Gasteiger charge is -2.38. The number of amides is 2. The molecule has 1 aliphatic carbocycles. The Balaban J connectivity index is 1.28. The molecule has 0 radical (unpaired) electrons. The lowest BCUT2D eigenvalue weighted by atomic mass is 10.0. The molecular formula is C25H25F6N5O3. The van der Waals surface area contributed by atoms with Crippen molar-refractivity contribution in [3.05, 3.63) is 53.5 Å². The van der Waals surface area contributed by atoms with Gasteiger partial charge >= 0.3 is 18.3 Å². The molecule has 2 saturated heterocycles. The zero-order valence-corrected chi connectivity index (χ0v) is 20.5. The van der Waals surface area contributed by atoms with E-state index in [0.717, 1.165) is 36.7 Å². The molecule has 210 valence electrons. The first kappa shape index (κ1) is 27.2. The van der Waals surface area contributed by atoms with E-state index in [9.17, 15) is 35.9 Å². The molecule has 3 fully saturated rings. The van der Waals surface area contributed by atoms with E-state index >= 15 is 0 Å². The summed E-state index contributed by atoms with van der Waals surface area (Å²) < 4.78 is 84.8. The van der Waals surface area contributed by atoms with E-state index in [1.54, 1.807) is 17.7 Å². The monoisotopic (exact) mass is 557 g/mol. The molecule has 5 rings (SSSR count). The molecule has 8 nitrogen and oxygen atoms in total. The van der Waals surface area contributed by atoms with E-state index < -0.39 is 41.3 Å². The van der Waals surface area contributed by atoms with Crippen molar-refractivity contribution in [2.75, 3.05) is 26.2 Å². The summed E-state index contributed by atoms with van der Waals surface area (Å²) in [6.45, 7) is 1.16. The molecule has 3 aliphatic rings. The van der Waals surface area contributed by atoms with E-state index in [2.05, 4.69) is 14.9 Å². The summed E-state index contributed by atoms with van der Waals surface area (Å²) in [7, 11) is 0. The van der Waals surface area contributed by atoms with Gasteiger partial charge in [-0.3, -0.25) is 19.5 Å². The Morgan fingerprint density at radius 3 is 2.44 bits per heavy atom. The van der Waals surface area contributed by atoms with Gasteiger partial charge in [0, 0.05) is 44.6 Å². The van der Waals surface area contributed by atoms with Crippen LogP contribution in [0.5, 0.6) is 5.88 Å².